The largest absolute Gasteiger partial charge is 0.366 e. The molecule has 6 nitrogen and oxygen atoms in total. The van der Waals surface area contributed by atoms with Crippen LogP contribution in [0.4, 0.5) is 0 Å². The average Bonchev–Trinajstić information content (AvgIpc) is 2.76. The van der Waals surface area contributed by atoms with Crippen molar-refractivity contribution in [2.45, 2.75) is 26.3 Å². The summed E-state index contributed by atoms with van der Waals surface area (Å²) in [7, 11) is 3.44. The van der Waals surface area contributed by atoms with Crippen molar-refractivity contribution in [2.24, 2.45) is 24.4 Å². The van der Waals surface area contributed by atoms with Gasteiger partial charge in [0.25, 0.3) is 5.91 Å². The fourth-order valence-corrected chi connectivity index (χ4v) is 1.89. The molecule has 1 aromatic rings. The van der Waals surface area contributed by atoms with Crippen LogP contribution in [0.3, 0.4) is 0 Å². The fourth-order valence-electron chi connectivity index (χ4n) is 1.89. The number of primary amides is 1. The maximum absolute atomic E-state index is 12.3. The monoisotopic (exact) mass is 280 g/mol. The summed E-state index contributed by atoms with van der Waals surface area (Å²) in [6, 6.07) is 1.59. The molecule has 20 heavy (non-hydrogen) atoms. The summed E-state index contributed by atoms with van der Waals surface area (Å²) in [6.07, 6.45) is 2.30. The van der Waals surface area contributed by atoms with E-state index in [1.54, 1.807) is 29.8 Å². The summed E-state index contributed by atoms with van der Waals surface area (Å²) >= 11 is 0. The first kappa shape index (κ1) is 16.2. The Morgan fingerprint density at radius 3 is 2.45 bits per heavy atom. The number of nitrogens with zero attached hydrogens (tertiary/aromatic N) is 2. The summed E-state index contributed by atoms with van der Waals surface area (Å²) in [5.74, 6) is -0.296. The van der Waals surface area contributed by atoms with E-state index in [1.165, 1.54) is 6.07 Å². The minimum atomic E-state index is -0.538. The molecule has 1 heterocycles. The van der Waals surface area contributed by atoms with Crippen LogP contribution < -0.4 is 11.5 Å². The molecule has 0 fully saturated rings. The molecule has 1 aromatic heterocycles. The van der Waals surface area contributed by atoms with Crippen LogP contribution in [0.15, 0.2) is 12.3 Å². The highest BCUT2D eigenvalue weighted by atomic mass is 16.2. The Morgan fingerprint density at radius 2 is 2.00 bits per heavy atom. The average molecular weight is 280 g/mol. The van der Waals surface area contributed by atoms with E-state index in [4.69, 9.17) is 11.5 Å². The number of hydrogen-bond donors (Lipinski definition) is 2. The van der Waals surface area contributed by atoms with Crippen LogP contribution in [0.1, 0.15) is 41.1 Å². The first-order valence-electron chi connectivity index (χ1n) is 6.71. The van der Waals surface area contributed by atoms with Crippen molar-refractivity contribution >= 4 is 11.8 Å². The van der Waals surface area contributed by atoms with Gasteiger partial charge in [0, 0.05) is 32.9 Å². The van der Waals surface area contributed by atoms with E-state index >= 15 is 0 Å². The molecular formula is C14H24N4O2. The molecule has 0 aliphatic heterocycles. The topological polar surface area (TPSA) is 94.3 Å². The van der Waals surface area contributed by atoms with Gasteiger partial charge in [-0.25, -0.2) is 0 Å². The van der Waals surface area contributed by atoms with Gasteiger partial charge in [-0.1, -0.05) is 13.8 Å². The lowest BCUT2D eigenvalue weighted by Crippen LogP contribution is -2.35. The lowest BCUT2D eigenvalue weighted by Gasteiger charge is -2.21. The van der Waals surface area contributed by atoms with Crippen LogP contribution in [0.2, 0.25) is 0 Å². The number of aryl methyl sites for hydroxylation is 1. The van der Waals surface area contributed by atoms with Crippen LogP contribution in [0.25, 0.3) is 0 Å². The Bertz CT molecular complexity index is 493. The van der Waals surface area contributed by atoms with Gasteiger partial charge in [0.1, 0.15) is 5.69 Å². The number of rotatable bonds is 6. The molecule has 2 amide bonds. The number of amides is 2. The Labute approximate surface area is 119 Å². The molecule has 0 saturated heterocycles. The SMILES string of the molecule is CC(C)C(N)CCN(C)C(=O)c1cc(C(N)=O)cn1C. The molecule has 0 aliphatic carbocycles. The molecule has 1 unspecified atom stereocenters. The minimum absolute atomic E-state index is 0.0693. The van der Waals surface area contributed by atoms with Gasteiger partial charge in [0.15, 0.2) is 0 Å². The summed E-state index contributed by atoms with van der Waals surface area (Å²) in [5.41, 5.74) is 12.0. The van der Waals surface area contributed by atoms with Crippen molar-refractivity contribution in [1.82, 2.24) is 9.47 Å². The van der Waals surface area contributed by atoms with Gasteiger partial charge in [-0.2, -0.15) is 0 Å². The zero-order valence-electron chi connectivity index (χ0n) is 12.6. The van der Waals surface area contributed by atoms with E-state index in [-0.39, 0.29) is 11.9 Å². The molecule has 6 heteroatoms. The highest BCUT2D eigenvalue weighted by Gasteiger charge is 2.18. The normalized spacial score (nSPS) is 12.5. The summed E-state index contributed by atoms with van der Waals surface area (Å²) in [4.78, 5) is 25.0. The highest BCUT2D eigenvalue weighted by Crippen LogP contribution is 2.11. The third kappa shape index (κ3) is 3.84. The van der Waals surface area contributed by atoms with Gasteiger partial charge in [-0.15, -0.1) is 0 Å². The molecule has 112 valence electrons. The highest BCUT2D eigenvalue weighted by molar-refractivity contribution is 5.98. The molecule has 4 N–H and O–H groups in total. The second-order valence-electron chi connectivity index (χ2n) is 5.51. The lowest BCUT2D eigenvalue weighted by atomic mass is 10.0. The zero-order chi connectivity index (χ0) is 15.4. The van der Waals surface area contributed by atoms with Crippen LogP contribution in [0, 0.1) is 5.92 Å². The number of aromatic nitrogens is 1. The summed E-state index contributed by atoms with van der Waals surface area (Å²) < 4.78 is 1.61. The molecule has 0 radical (unpaired) electrons. The third-order valence-corrected chi connectivity index (χ3v) is 3.51. The van der Waals surface area contributed by atoms with E-state index in [2.05, 4.69) is 13.8 Å². The Morgan fingerprint density at radius 1 is 1.40 bits per heavy atom. The second kappa shape index (κ2) is 6.56. The predicted molar refractivity (Wildman–Crippen MR) is 78.3 cm³/mol. The summed E-state index contributed by atoms with van der Waals surface area (Å²) in [6.45, 7) is 4.70. The van der Waals surface area contributed by atoms with E-state index in [9.17, 15) is 9.59 Å². The second-order valence-corrected chi connectivity index (χ2v) is 5.51. The molecule has 1 atom stereocenters. The number of nitrogens with two attached hydrogens (primary N) is 2. The first-order chi connectivity index (χ1) is 9.23. The van der Waals surface area contributed by atoms with Crippen LogP contribution in [0.5, 0.6) is 0 Å². The van der Waals surface area contributed by atoms with Gasteiger partial charge in [0.2, 0.25) is 5.91 Å². The van der Waals surface area contributed by atoms with Crippen molar-refractivity contribution in [2.75, 3.05) is 13.6 Å². The molecular weight excluding hydrogens is 256 g/mol. The smallest absolute Gasteiger partial charge is 0.270 e. The standard InChI is InChI=1S/C14H24N4O2/c1-9(2)11(15)5-6-17(3)14(20)12-7-10(13(16)19)8-18(12)4/h7-9,11H,5-6,15H2,1-4H3,(H2,16,19). The molecule has 1 rings (SSSR count). The van der Waals surface area contributed by atoms with Crippen molar-refractivity contribution in [1.29, 1.82) is 0 Å². The maximum Gasteiger partial charge on any atom is 0.270 e. The Hall–Kier alpha value is -1.82. The van der Waals surface area contributed by atoms with Gasteiger partial charge in [-0.05, 0) is 18.4 Å². The van der Waals surface area contributed by atoms with E-state index in [0.717, 1.165) is 6.42 Å². The Kier molecular flexibility index (Phi) is 5.33. The maximum atomic E-state index is 12.3. The van der Waals surface area contributed by atoms with E-state index in [0.29, 0.717) is 23.7 Å². The number of hydrogen-bond acceptors (Lipinski definition) is 3. The molecule has 0 aromatic carbocycles. The fraction of sp³-hybridized carbons (Fsp3) is 0.571. The number of carbonyl (C=O) groups excluding carboxylic acids is 2. The predicted octanol–water partition coefficient (Wildman–Crippen LogP) is 0.569. The van der Waals surface area contributed by atoms with Crippen LogP contribution >= 0.6 is 0 Å². The van der Waals surface area contributed by atoms with Crippen molar-refractivity contribution in [3.05, 3.63) is 23.5 Å². The first-order valence-corrected chi connectivity index (χ1v) is 6.71. The summed E-state index contributed by atoms with van der Waals surface area (Å²) in [5, 5.41) is 0. The van der Waals surface area contributed by atoms with Gasteiger partial charge in [-0.3, -0.25) is 9.59 Å². The van der Waals surface area contributed by atoms with Gasteiger partial charge in [0.05, 0.1) is 5.56 Å². The molecule has 0 bridgehead atoms. The van der Waals surface area contributed by atoms with Crippen molar-refractivity contribution in [3.63, 3.8) is 0 Å². The lowest BCUT2D eigenvalue weighted by molar-refractivity contribution is 0.0779. The Balaban J connectivity index is 2.72. The molecule has 0 aliphatic rings. The van der Waals surface area contributed by atoms with Gasteiger partial charge >= 0.3 is 0 Å². The van der Waals surface area contributed by atoms with Crippen molar-refractivity contribution < 1.29 is 9.59 Å². The van der Waals surface area contributed by atoms with Crippen LogP contribution in [-0.2, 0) is 7.05 Å². The molecule has 0 spiro atoms. The van der Waals surface area contributed by atoms with Gasteiger partial charge < -0.3 is 20.9 Å². The minimum Gasteiger partial charge on any atom is -0.366 e. The zero-order valence-corrected chi connectivity index (χ0v) is 12.6. The van der Waals surface area contributed by atoms with Crippen LogP contribution in [-0.4, -0.2) is 40.9 Å². The molecule has 0 saturated carbocycles. The van der Waals surface area contributed by atoms with Crippen molar-refractivity contribution in [3.8, 4) is 0 Å². The van der Waals surface area contributed by atoms with E-state index < -0.39 is 5.91 Å². The van der Waals surface area contributed by atoms with E-state index in [1.807, 2.05) is 0 Å². The number of carbonyl (C=O) groups is 2. The third-order valence-electron chi connectivity index (χ3n) is 3.51. The quantitative estimate of drug-likeness (QED) is 0.797.